The molecule has 0 radical (unpaired) electrons. The number of carbonyl (C=O) groups is 1. The molecule has 1 nitrogen and oxygen atoms in total. The van der Waals surface area contributed by atoms with E-state index < -0.39 is 0 Å². The minimum Gasteiger partial charge on any atom is -0.281 e. The number of hydrogen-bond donors (Lipinski definition) is 0. The van der Waals surface area contributed by atoms with Gasteiger partial charge >= 0.3 is 0 Å². The summed E-state index contributed by atoms with van der Waals surface area (Å²) in [7, 11) is 0. The summed E-state index contributed by atoms with van der Waals surface area (Å²) < 4.78 is 0. The first kappa shape index (κ1) is 9.96. The highest BCUT2D eigenvalue weighted by Crippen LogP contribution is 2.11. The molecule has 0 aliphatic heterocycles. The molecule has 0 saturated heterocycles. The lowest BCUT2D eigenvalue weighted by molar-refractivity contribution is -0.114. The molecule has 0 spiro atoms. The van der Waals surface area contributed by atoms with Crippen molar-refractivity contribution in [2.75, 3.05) is 0 Å². The maximum Gasteiger partial charge on any atom is 0.224 e. The minimum atomic E-state index is -0.198. The second-order valence-electron chi connectivity index (χ2n) is 2.70. The van der Waals surface area contributed by atoms with Crippen molar-refractivity contribution in [3.8, 4) is 0 Å². The van der Waals surface area contributed by atoms with Gasteiger partial charge in [-0.1, -0.05) is 33.1 Å². The Morgan fingerprint density at radius 3 is 2.50 bits per heavy atom. The van der Waals surface area contributed by atoms with Gasteiger partial charge in [-0.05, 0) is 18.0 Å². The van der Waals surface area contributed by atoms with Crippen molar-refractivity contribution < 1.29 is 4.79 Å². The molecule has 10 heavy (non-hydrogen) atoms. The summed E-state index contributed by atoms with van der Waals surface area (Å²) in [5.41, 5.74) is 0. The quantitative estimate of drug-likeness (QED) is 0.449. The van der Waals surface area contributed by atoms with E-state index in [1.807, 2.05) is 6.92 Å². The van der Waals surface area contributed by atoms with Crippen molar-refractivity contribution in [3.05, 3.63) is 0 Å². The van der Waals surface area contributed by atoms with Crippen molar-refractivity contribution in [1.29, 1.82) is 0 Å². The summed E-state index contributed by atoms with van der Waals surface area (Å²) in [6.45, 7) is 4.03. The average molecular weight is 163 g/mol. The highest BCUT2D eigenvalue weighted by atomic mass is 35.5. The van der Waals surface area contributed by atoms with Crippen LogP contribution in [0.25, 0.3) is 0 Å². The molecule has 0 aromatic rings. The van der Waals surface area contributed by atoms with Crippen LogP contribution in [0.3, 0.4) is 0 Å². The van der Waals surface area contributed by atoms with E-state index in [1.165, 1.54) is 12.8 Å². The van der Waals surface area contributed by atoms with Crippen molar-refractivity contribution in [2.45, 2.75) is 39.5 Å². The molecule has 0 amide bonds. The Kier molecular flexibility index (Phi) is 5.70. The molecule has 0 rings (SSSR count). The number of hydrogen-bond acceptors (Lipinski definition) is 1. The Labute approximate surface area is 67.8 Å². The fourth-order valence-electron chi connectivity index (χ4n) is 0.814. The Hall–Kier alpha value is -0.0400. The lowest BCUT2D eigenvalue weighted by atomic mass is 10.1. The van der Waals surface area contributed by atoms with Crippen LogP contribution >= 0.6 is 11.6 Å². The number of halogens is 1. The molecule has 60 valence electrons. The normalized spacial score (nSPS) is 13.1. The molecule has 0 bridgehead atoms. The van der Waals surface area contributed by atoms with E-state index >= 15 is 0 Å². The third-order valence-electron chi connectivity index (χ3n) is 1.63. The van der Waals surface area contributed by atoms with Gasteiger partial charge in [0.2, 0.25) is 5.24 Å². The van der Waals surface area contributed by atoms with Crippen molar-refractivity contribution >= 4 is 16.8 Å². The van der Waals surface area contributed by atoms with Crippen LogP contribution in [-0.4, -0.2) is 5.24 Å². The molecule has 0 aromatic carbocycles. The summed E-state index contributed by atoms with van der Waals surface area (Å²) in [5, 5.41) is -0.198. The maximum atomic E-state index is 10.5. The first-order chi connectivity index (χ1) is 4.68. The van der Waals surface area contributed by atoms with Crippen LogP contribution in [0.5, 0.6) is 0 Å². The smallest absolute Gasteiger partial charge is 0.224 e. The molecule has 0 aliphatic rings. The molecule has 0 heterocycles. The van der Waals surface area contributed by atoms with Crippen molar-refractivity contribution in [3.63, 3.8) is 0 Å². The Morgan fingerprint density at radius 1 is 1.50 bits per heavy atom. The van der Waals surface area contributed by atoms with Gasteiger partial charge in [0.1, 0.15) is 0 Å². The van der Waals surface area contributed by atoms with E-state index in [1.54, 1.807) is 0 Å². The molecule has 0 fully saturated rings. The SMILES string of the molecule is CCCCCC(C)C(=O)Cl. The Bertz CT molecular complexity index is 101. The van der Waals surface area contributed by atoms with E-state index in [0.29, 0.717) is 0 Å². The van der Waals surface area contributed by atoms with Crippen LogP contribution in [0.2, 0.25) is 0 Å². The minimum absolute atomic E-state index is 0.0493. The highest BCUT2D eigenvalue weighted by Gasteiger charge is 2.07. The van der Waals surface area contributed by atoms with Gasteiger partial charge in [0.15, 0.2) is 0 Å². The molecule has 1 atom stereocenters. The predicted molar refractivity (Wildman–Crippen MR) is 44.2 cm³/mol. The fraction of sp³-hybridized carbons (Fsp3) is 0.875. The van der Waals surface area contributed by atoms with E-state index in [0.717, 1.165) is 12.8 Å². The van der Waals surface area contributed by atoms with Gasteiger partial charge in [0.25, 0.3) is 0 Å². The summed E-state index contributed by atoms with van der Waals surface area (Å²) >= 11 is 5.27. The lowest BCUT2D eigenvalue weighted by Crippen LogP contribution is -2.02. The van der Waals surface area contributed by atoms with Gasteiger partial charge in [0, 0.05) is 5.92 Å². The van der Waals surface area contributed by atoms with E-state index in [4.69, 9.17) is 11.6 Å². The lowest BCUT2D eigenvalue weighted by Gasteiger charge is -2.03. The first-order valence-corrected chi connectivity index (χ1v) is 4.25. The Balaban J connectivity index is 3.21. The van der Waals surface area contributed by atoms with Gasteiger partial charge in [-0.3, -0.25) is 4.79 Å². The molecular formula is C8H15ClO. The standard InChI is InChI=1S/C8H15ClO/c1-3-4-5-6-7(2)8(9)10/h7H,3-6H2,1-2H3. The zero-order valence-corrected chi connectivity index (χ0v) is 7.45. The molecule has 0 aliphatic carbocycles. The van der Waals surface area contributed by atoms with Crippen LogP contribution in [0.15, 0.2) is 0 Å². The monoisotopic (exact) mass is 162 g/mol. The van der Waals surface area contributed by atoms with Crippen LogP contribution in [0.4, 0.5) is 0 Å². The number of unbranched alkanes of at least 4 members (excludes halogenated alkanes) is 2. The molecule has 0 saturated carbocycles. The zero-order chi connectivity index (χ0) is 7.98. The van der Waals surface area contributed by atoms with Crippen LogP contribution in [0.1, 0.15) is 39.5 Å². The Morgan fingerprint density at radius 2 is 2.10 bits per heavy atom. The first-order valence-electron chi connectivity index (χ1n) is 3.87. The van der Waals surface area contributed by atoms with Crippen molar-refractivity contribution in [2.24, 2.45) is 5.92 Å². The maximum absolute atomic E-state index is 10.5. The predicted octanol–water partition coefficient (Wildman–Crippen LogP) is 2.97. The topological polar surface area (TPSA) is 17.1 Å². The highest BCUT2D eigenvalue weighted by molar-refractivity contribution is 6.63. The van der Waals surface area contributed by atoms with Gasteiger partial charge in [-0.25, -0.2) is 0 Å². The third kappa shape index (κ3) is 4.80. The molecule has 0 aromatic heterocycles. The molecular weight excluding hydrogens is 148 g/mol. The van der Waals surface area contributed by atoms with Gasteiger partial charge in [-0.2, -0.15) is 0 Å². The second kappa shape index (κ2) is 5.72. The second-order valence-corrected chi connectivity index (χ2v) is 3.07. The summed E-state index contributed by atoms with van der Waals surface area (Å²) in [6.07, 6.45) is 4.46. The van der Waals surface area contributed by atoms with E-state index in [-0.39, 0.29) is 11.2 Å². The van der Waals surface area contributed by atoms with Crippen molar-refractivity contribution in [1.82, 2.24) is 0 Å². The number of rotatable bonds is 5. The van der Waals surface area contributed by atoms with Gasteiger partial charge in [-0.15, -0.1) is 0 Å². The van der Waals surface area contributed by atoms with Crippen LogP contribution in [-0.2, 0) is 4.79 Å². The van der Waals surface area contributed by atoms with Crippen LogP contribution in [0, 0.1) is 5.92 Å². The fourth-order valence-corrected chi connectivity index (χ4v) is 0.923. The summed E-state index contributed by atoms with van der Waals surface area (Å²) in [5.74, 6) is 0.0493. The van der Waals surface area contributed by atoms with Crippen LogP contribution < -0.4 is 0 Å². The third-order valence-corrected chi connectivity index (χ3v) is 2.00. The molecule has 0 N–H and O–H groups in total. The van der Waals surface area contributed by atoms with Gasteiger partial charge in [0.05, 0.1) is 0 Å². The summed E-state index contributed by atoms with van der Waals surface area (Å²) in [6, 6.07) is 0. The average Bonchev–Trinajstić information content (AvgIpc) is 1.88. The largest absolute Gasteiger partial charge is 0.281 e. The van der Waals surface area contributed by atoms with E-state index in [2.05, 4.69) is 6.92 Å². The van der Waals surface area contributed by atoms with E-state index in [9.17, 15) is 4.79 Å². The summed E-state index contributed by atoms with van der Waals surface area (Å²) in [4.78, 5) is 10.5. The zero-order valence-electron chi connectivity index (χ0n) is 6.69. The molecule has 1 unspecified atom stereocenters. The number of carbonyl (C=O) groups excluding carboxylic acids is 1. The molecule has 2 heteroatoms. The van der Waals surface area contributed by atoms with Gasteiger partial charge < -0.3 is 0 Å².